The second-order valence-corrected chi connectivity index (χ2v) is 5.91. The number of rotatable bonds is 11. The monoisotopic (exact) mass is 267 g/mol. The summed E-state index contributed by atoms with van der Waals surface area (Å²) in [6.07, 6.45) is 10.8. The van der Waals surface area contributed by atoms with E-state index in [1.165, 1.54) is 56.9 Å². The van der Waals surface area contributed by atoms with Gasteiger partial charge in [0.05, 0.1) is 0 Å². The fourth-order valence-electron chi connectivity index (χ4n) is 2.41. The van der Waals surface area contributed by atoms with Crippen molar-refractivity contribution in [2.75, 3.05) is 6.54 Å². The Labute approximate surface area is 117 Å². The first kappa shape index (κ1) is 15.7. The van der Waals surface area contributed by atoms with Gasteiger partial charge in [-0.3, -0.25) is 0 Å². The molecule has 0 amide bonds. The van der Waals surface area contributed by atoms with E-state index >= 15 is 0 Å². The number of hydrogen-bond acceptors (Lipinski definition) is 2. The predicted molar refractivity (Wildman–Crippen MR) is 83.5 cm³/mol. The lowest BCUT2D eigenvalue weighted by molar-refractivity contribution is 0.440. The minimum absolute atomic E-state index is 0.719. The smallest absolute Gasteiger partial charge is 0.00701 e. The third kappa shape index (κ3) is 7.17. The SMILES string of the molecule is CCCCCCCC(CCc1ccsc1)NCC. The van der Waals surface area contributed by atoms with Crippen molar-refractivity contribution in [3.8, 4) is 0 Å². The molecule has 1 aromatic heterocycles. The average Bonchev–Trinajstić information content (AvgIpc) is 2.88. The molecule has 1 rings (SSSR count). The van der Waals surface area contributed by atoms with Crippen LogP contribution in [-0.2, 0) is 6.42 Å². The number of thiophene rings is 1. The molecule has 104 valence electrons. The van der Waals surface area contributed by atoms with E-state index in [9.17, 15) is 0 Å². The minimum atomic E-state index is 0.719. The van der Waals surface area contributed by atoms with Crippen molar-refractivity contribution in [1.82, 2.24) is 5.32 Å². The Balaban J connectivity index is 2.14. The minimum Gasteiger partial charge on any atom is -0.314 e. The molecule has 0 aliphatic rings. The standard InChI is InChI=1S/C16H29NS/c1-3-5-6-7-8-9-16(17-4-2)11-10-15-12-13-18-14-15/h12-14,16-17H,3-11H2,1-2H3. The highest BCUT2D eigenvalue weighted by Gasteiger charge is 2.07. The van der Waals surface area contributed by atoms with Crippen molar-refractivity contribution >= 4 is 11.3 Å². The third-order valence-corrected chi connectivity index (χ3v) is 4.24. The Morgan fingerprint density at radius 3 is 2.61 bits per heavy atom. The Kier molecular flexibility index (Phi) is 9.23. The summed E-state index contributed by atoms with van der Waals surface area (Å²) in [6.45, 7) is 5.60. The Hall–Kier alpha value is -0.340. The summed E-state index contributed by atoms with van der Waals surface area (Å²) < 4.78 is 0. The maximum absolute atomic E-state index is 3.64. The first-order valence-corrected chi connectivity index (χ1v) is 8.55. The van der Waals surface area contributed by atoms with E-state index in [1.54, 1.807) is 0 Å². The summed E-state index contributed by atoms with van der Waals surface area (Å²) in [5.41, 5.74) is 1.51. The normalized spacial score (nSPS) is 12.8. The van der Waals surface area contributed by atoms with Crippen LogP contribution in [0.2, 0.25) is 0 Å². The van der Waals surface area contributed by atoms with Crippen LogP contribution in [-0.4, -0.2) is 12.6 Å². The molecule has 2 heteroatoms. The van der Waals surface area contributed by atoms with Crippen LogP contribution in [0.1, 0.15) is 64.4 Å². The van der Waals surface area contributed by atoms with Gasteiger partial charge in [-0.2, -0.15) is 11.3 Å². The molecule has 1 atom stereocenters. The van der Waals surface area contributed by atoms with Crippen LogP contribution in [0.4, 0.5) is 0 Å². The van der Waals surface area contributed by atoms with E-state index < -0.39 is 0 Å². The van der Waals surface area contributed by atoms with Gasteiger partial charge in [-0.1, -0.05) is 46.0 Å². The van der Waals surface area contributed by atoms with Crippen molar-refractivity contribution in [2.45, 2.75) is 71.3 Å². The van der Waals surface area contributed by atoms with Crippen molar-refractivity contribution in [3.05, 3.63) is 22.4 Å². The molecule has 1 heterocycles. The Bertz CT molecular complexity index is 269. The molecule has 18 heavy (non-hydrogen) atoms. The zero-order valence-electron chi connectivity index (χ0n) is 12.1. The molecule has 0 aliphatic heterocycles. The molecule has 0 aromatic carbocycles. The lowest BCUT2D eigenvalue weighted by atomic mass is 10.0. The first-order chi connectivity index (χ1) is 8.86. The zero-order chi connectivity index (χ0) is 13.1. The first-order valence-electron chi connectivity index (χ1n) is 7.61. The highest BCUT2D eigenvalue weighted by Crippen LogP contribution is 2.14. The molecule has 0 aliphatic carbocycles. The highest BCUT2D eigenvalue weighted by molar-refractivity contribution is 7.07. The number of aryl methyl sites for hydroxylation is 1. The largest absolute Gasteiger partial charge is 0.314 e. The van der Waals surface area contributed by atoms with E-state index in [0.29, 0.717) is 0 Å². The number of hydrogen-bond donors (Lipinski definition) is 1. The molecule has 1 nitrogen and oxygen atoms in total. The van der Waals surface area contributed by atoms with Crippen LogP contribution < -0.4 is 5.32 Å². The van der Waals surface area contributed by atoms with Gasteiger partial charge < -0.3 is 5.32 Å². The highest BCUT2D eigenvalue weighted by atomic mass is 32.1. The van der Waals surface area contributed by atoms with Crippen molar-refractivity contribution < 1.29 is 0 Å². The fourth-order valence-corrected chi connectivity index (χ4v) is 3.11. The average molecular weight is 267 g/mol. The van der Waals surface area contributed by atoms with Crippen molar-refractivity contribution in [2.24, 2.45) is 0 Å². The van der Waals surface area contributed by atoms with E-state index in [-0.39, 0.29) is 0 Å². The van der Waals surface area contributed by atoms with Gasteiger partial charge in [-0.05, 0) is 48.2 Å². The van der Waals surface area contributed by atoms with Gasteiger partial charge in [-0.15, -0.1) is 0 Å². The Morgan fingerprint density at radius 2 is 1.94 bits per heavy atom. The van der Waals surface area contributed by atoms with Gasteiger partial charge in [0.25, 0.3) is 0 Å². The summed E-state index contributed by atoms with van der Waals surface area (Å²) in [7, 11) is 0. The van der Waals surface area contributed by atoms with Gasteiger partial charge in [-0.25, -0.2) is 0 Å². The number of unbranched alkanes of at least 4 members (excludes halogenated alkanes) is 4. The van der Waals surface area contributed by atoms with Gasteiger partial charge in [0.1, 0.15) is 0 Å². The van der Waals surface area contributed by atoms with Crippen molar-refractivity contribution in [3.63, 3.8) is 0 Å². The van der Waals surface area contributed by atoms with E-state index in [1.807, 2.05) is 11.3 Å². The lowest BCUT2D eigenvalue weighted by Crippen LogP contribution is -2.29. The molecule has 0 spiro atoms. The van der Waals surface area contributed by atoms with Gasteiger partial charge in [0.2, 0.25) is 0 Å². The van der Waals surface area contributed by atoms with Crippen LogP contribution in [0.15, 0.2) is 16.8 Å². The van der Waals surface area contributed by atoms with Gasteiger partial charge in [0, 0.05) is 6.04 Å². The molecule has 0 saturated carbocycles. The topological polar surface area (TPSA) is 12.0 Å². The lowest BCUT2D eigenvalue weighted by Gasteiger charge is -2.17. The summed E-state index contributed by atoms with van der Waals surface area (Å²) in [6, 6.07) is 2.98. The second kappa shape index (κ2) is 10.6. The quantitative estimate of drug-likeness (QED) is 0.555. The van der Waals surface area contributed by atoms with Gasteiger partial charge >= 0.3 is 0 Å². The molecule has 0 bridgehead atoms. The van der Waals surface area contributed by atoms with E-state index in [0.717, 1.165) is 12.6 Å². The molecule has 1 aromatic rings. The summed E-state index contributed by atoms with van der Waals surface area (Å²) in [5, 5.41) is 8.10. The van der Waals surface area contributed by atoms with Crippen LogP contribution in [0, 0.1) is 0 Å². The summed E-state index contributed by atoms with van der Waals surface area (Å²) >= 11 is 1.81. The second-order valence-electron chi connectivity index (χ2n) is 5.13. The number of nitrogens with one attached hydrogen (secondary N) is 1. The van der Waals surface area contributed by atoms with Crippen molar-refractivity contribution in [1.29, 1.82) is 0 Å². The molecule has 1 N–H and O–H groups in total. The zero-order valence-corrected chi connectivity index (χ0v) is 12.9. The molecule has 0 fully saturated rings. The molecular weight excluding hydrogens is 238 g/mol. The predicted octanol–water partition coefficient (Wildman–Crippen LogP) is 5.02. The van der Waals surface area contributed by atoms with E-state index in [2.05, 4.69) is 36.0 Å². The van der Waals surface area contributed by atoms with Crippen LogP contribution >= 0.6 is 11.3 Å². The summed E-state index contributed by atoms with van der Waals surface area (Å²) in [5.74, 6) is 0. The molecule has 0 radical (unpaired) electrons. The van der Waals surface area contributed by atoms with Crippen LogP contribution in [0.5, 0.6) is 0 Å². The summed E-state index contributed by atoms with van der Waals surface area (Å²) in [4.78, 5) is 0. The third-order valence-electron chi connectivity index (χ3n) is 3.51. The fraction of sp³-hybridized carbons (Fsp3) is 0.750. The Morgan fingerprint density at radius 1 is 1.11 bits per heavy atom. The maximum atomic E-state index is 3.64. The van der Waals surface area contributed by atoms with Crippen LogP contribution in [0.3, 0.4) is 0 Å². The van der Waals surface area contributed by atoms with Crippen LogP contribution in [0.25, 0.3) is 0 Å². The molecular formula is C16H29NS. The van der Waals surface area contributed by atoms with Gasteiger partial charge in [0.15, 0.2) is 0 Å². The van der Waals surface area contributed by atoms with E-state index in [4.69, 9.17) is 0 Å². The molecule has 0 saturated heterocycles. The maximum Gasteiger partial charge on any atom is 0.00701 e. The molecule has 1 unspecified atom stereocenters.